The number of hydrogen-bond donors (Lipinski definition) is 1. The maximum absolute atomic E-state index is 12.1. The van der Waals surface area contributed by atoms with Gasteiger partial charge in [-0.3, -0.25) is 4.98 Å². The molecule has 0 saturated heterocycles. The summed E-state index contributed by atoms with van der Waals surface area (Å²) in [5, 5.41) is 10.4. The molecule has 7 heteroatoms. The molecule has 0 amide bonds. The molecule has 14 heavy (non-hydrogen) atoms. The fourth-order valence-electron chi connectivity index (χ4n) is 0.788. The van der Waals surface area contributed by atoms with E-state index in [1.165, 1.54) is 12.4 Å². The second kappa shape index (κ2) is 4.56. The lowest BCUT2D eigenvalue weighted by atomic mass is 10.1. The first-order chi connectivity index (χ1) is 6.05. The van der Waals surface area contributed by atoms with E-state index < -0.39 is 11.9 Å². The second-order valence-electron chi connectivity index (χ2n) is 2.18. The van der Waals surface area contributed by atoms with E-state index in [-0.39, 0.29) is 11.0 Å². The number of alkyl halides is 3. The molecular weight excluding hydrogens is 201 g/mol. The Bertz CT molecular complexity index is 310. The number of hydrogen-bond acceptors (Lipinski definition) is 3. The Morgan fingerprint density at radius 3 is 2.14 bits per heavy atom. The lowest BCUT2D eigenvalue weighted by Crippen LogP contribution is -2.23. The molecular formula is C7H7F3N2O2. The van der Waals surface area contributed by atoms with Gasteiger partial charge >= 0.3 is 6.18 Å². The minimum Gasteiger partial charge on any atom is -0.412 e. The third kappa shape index (κ3) is 2.70. The van der Waals surface area contributed by atoms with Crippen LogP contribution in [0.4, 0.5) is 13.2 Å². The van der Waals surface area contributed by atoms with E-state index >= 15 is 0 Å². The van der Waals surface area contributed by atoms with Crippen molar-refractivity contribution in [1.82, 2.24) is 4.98 Å². The predicted molar refractivity (Wildman–Crippen MR) is 42.2 cm³/mol. The first-order valence-corrected chi connectivity index (χ1v) is 3.25. The average molecular weight is 208 g/mol. The zero-order valence-electron chi connectivity index (χ0n) is 6.78. The Balaban J connectivity index is 0.00000169. The predicted octanol–water partition coefficient (Wildman–Crippen LogP) is 0.997. The molecule has 0 aliphatic rings. The third-order valence-corrected chi connectivity index (χ3v) is 1.32. The van der Waals surface area contributed by atoms with Gasteiger partial charge in [0.25, 0.3) is 0 Å². The van der Waals surface area contributed by atoms with Crippen LogP contribution in [0, 0.1) is 0 Å². The molecule has 0 bridgehead atoms. The fourth-order valence-corrected chi connectivity index (χ4v) is 0.788. The molecule has 0 atom stereocenters. The van der Waals surface area contributed by atoms with Gasteiger partial charge in [0.05, 0.1) is 0 Å². The summed E-state index contributed by atoms with van der Waals surface area (Å²) in [6.45, 7) is 0. The van der Waals surface area contributed by atoms with E-state index in [1.54, 1.807) is 0 Å². The van der Waals surface area contributed by atoms with Gasteiger partial charge < -0.3 is 10.7 Å². The zero-order valence-corrected chi connectivity index (χ0v) is 6.78. The minimum atomic E-state index is -4.66. The second-order valence-corrected chi connectivity index (χ2v) is 2.18. The number of pyridine rings is 1. The highest BCUT2D eigenvalue weighted by Gasteiger charge is 2.37. The smallest absolute Gasteiger partial charge is 0.412 e. The molecule has 1 rings (SSSR count). The summed E-state index contributed by atoms with van der Waals surface area (Å²) < 4.78 is 36.3. The Hall–Kier alpha value is -1.63. The molecule has 0 spiro atoms. The van der Waals surface area contributed by atoms with Crippen molar-refractivity contribution in [3.8, 4) is 0 Å². The molecule has 0 aromatic carbocycles. The van der Waals surface area contributed by atoms with Crippen LogP contribution < -0.4 is 0 Å². The summed E-state index contributed by atoms with van der Waals surface area (Å²) in [4.78, 5) is 3.54. The maximum atomic E-state index is 12.1. The van der Waals surface area contributed by atoms with Crippen molar-refractivity contribution >= 4 is 5.71 Å². The van der Waals surface area contributed by atoms with Crippen LogP contribution >= 0.6 is 0 Å². The number of nitrogens with zero attached hydrogens (tertiary/aromatic N) is 2. The number of oxime groups is 1. The molecule has 4 nitrogen and oxygen atoms in total. The first-order valence-electron chi connectivity index (χ1n) is 3.25. The Morgan fingerprint density at radius 1 is 1.29 bits per heavy atom. The van der Waals surface area contributed by atoms with Gasteiger partial charge in [-0.1, -0.05) is 5.16 Å². The third-order valence-electron chi connectivity index (χ3n) is 1.32. The molecule has 1 aromatic heterocycles. The van der Waals surface area contributed by atoms with Crippen LogP contribution in [0.1, 0.15) is 5.56 Å². The van der Waals surface area contributed by atoms with Crippen molar-refractivity contribution in [2.45, 2.75) is 6.18 Å². The van der Waals surface area contributed by atoms with Gasteiger partial charge in [0.15, 0.2) is 5.71 Å². The van der Waals surface area contributed by atoms with E-state index in [9.17, 15) is 13.2 Å². The van der Waals surface area contributed by atoms with Gasteiger partial charge in [-0.2, -0.15) is 13.2 Å². The van der Waals surface area contributed by atoms with Gasteiger partial charge in [0.2, 0.25) is 0 Å². The highest BCUT2D eigenvalue weighted by Crippen LogP contribution is 2.21. The highest BCUT2D eigenvalue weighted by atomic mass is 19.4. The number of rotatable bonds is 1. The summed E-state index contributed by atoms with van der Waals surface area (Å²) in [7, 11) is 0. The van der Waals surface area contributed by atoms with Crippen molar-refractivity contribution in [1.29, 1.82) is 0 Å². The lowest BCUT2D eigenvalue weighted by molar-refractivity contribution is -0.0601. The first kappa shape index (κ1) is 12.4. The molecule has 1 heterocycles. The van der Waals surface area contributed by atoms with Crippen molar-refractivity contribution in [3.63, 3.8) is 0 Å². The van der Waals surface area contributed by atoms with Crippen LogP contribution in [0.2, 0.25) is 0 Å². The summed E-state index contributed by atoms with van der Waals surface area (Å²) in [6, 6.07) is 2.23. The normalized spacial score (nSPS) is 12.1. The quantitative estimate of drug-likeness (QED) is 0.424. The molecule has 0 aliphatic carbocycles. The van der Waals surface area contributed by atoms with Crippen molar-refractivity contribution in [3.05, 3.63) is 30.1 Å². The molecule has 1 aromatic rings. The zero-order chi connectivity index (χ0) is 9.90. The standard InChI is InChI=1S/C7H5F3N2O.H2O/c8-7(9,10)6(12-13)5-1-3-11-4-2-5;/h1-4,13H;1H2/b12-6+;. The topological polar surface area (TPSA) is 77.0 Å². The van der Waals surface area contributed by atoms with Crippen LogP contribution in [0.25, 0.3) is 0 Å². The van der Waals surface area contributed by atoms with E-state index in [0.29, 0.717) is 0 Å². The van der Waals surface area contributed by atoms with Crippen LogP contribution in [0.15, 0.2) is 29.7 Å². The monoisotopic (exact) mass is 208 g/mol. The molecule has 0 fully saturated rings. The number of halogens is 3. The number of aromatic nitrogens is 1. The van der Waals surface area contributed by atoms with E-state index in [4.69, 9.17) is 5.21 Å². The highest BCUT2D eigenvalue weighted by molar-refractivity contribution is 6.04. The summed E-state index contributed by atoms with van der Waals surface area (Å²) in [5.74, 6) is 0. The summed E-state index contributed by atoms with van der Waals surface area (Å²) >= 11 is 0. The van der Waals surface area contributed by atoms with Crippen LogP contribution in [0.3, 0.4) is 0 Å². The Labute approximate surface area is 77.0 Å². The van der Waals surface area contributed by atoms with Crippen molar-refractivity contribution in [2.24, 2.45) is 5.16 Å². The summed E-state index contributed by atoms with van der Waals surface area (Å²) in [6.07, 6.45) is -2.28. The van der Waals surface area contributed by atoms with Crippen LogP contribution in [-0.2, 0) is 0 Å². The molecule has 0 saturated carbocycles. The molecule has 0 aliphatic heterocycles. The van der Waals surface area contributed by atoms with E-state index in [0.717, 1.165) is 12.1 Å². The molecule has 78 valence electrons. The van der Waals surface area contributed by atoms with E-state index in [2.05, 4.69) is 10.1 Å². The van der Waals surface area contributed by atoms with Gasteiger partial charge in [0.1, 0.15) is 0 Å². The fraction of sp³-hybridized carbons (Fsp3) is 0.143. The van der Waals surface area contributed by atoms with Crippen molar-refractivity contribution < 1.29 is 23.9 Å². The molecule has 3 N–H and O–H groups in total. The van der Waals surface area contributed by atoms with Crippen LogP contribution in [0.5, 0.6) is 0 Å². The lowest BCUT2D eigenvalue weighted by Gasteiger charge is -2.07. The SMILES string of the molecule is O.O/N=C(\c1ccncc1)C(F)(F)F. The Morgan fingerprint density at radius 2 is 1.79 bits per heavy atom. The minimum absolute atomic E-state index is 0. The van der Waals surface area contributed by atoms with Gasteiger partial charge in [-0.15, -0.1) is 0 Å². The van der Waals surface area contributed by atoms with E-state index in [1.807, 2.05) is 0 Å². The van der Waals surface area contributed by atoms with Crippen LogP contribution in [-0.4, -0.2) is 27.6 Å². The van der Waals surface area contributed by atoms with Crippen molar-refractivity contribution in [2.75, 3.05) is 0 Å². The average Bonchev–Trinajstić information content (AvgIpc) is 2.05. The molecule has 0 radical (unpaired) electrons. The maximum Gasteiger partial charge on any atom is 0.437 e. The van der Waals surface area contributed by atoms with Gasteiger partial charge in [-0.25, -0.2) is 0 Å². The largest absolute Gasteiger partial charge is 0.437 e. The Kier molecular flexibility index (Phi) is 4.03. The molecule has 0 unspecified atom stereocenters. The summed E-state index contributed by atoms with van der Waals surface area (Å²) in [5.41, 5.74) is -1.54. The van der Waals surface area contributed by atoms with Gasteiger partial charge in [-0.05, 0) is 12.1 Å². The van der Waals surface area contributed by atoms with Gasteiger partial charge in [0, 0.05) is 18.0 Å².